The van der Waals surface area contributed by atoms with Gasteiger partial charge >= 0.3 is 28.5 Å². The van der Waals surface area contributed by atoms with Crippen molar-refractivity contribution in [2.24, 2.45) is 0 Å². The van der Waals surface area contributed by atoms with Crippen LogP contribution in [0.5, 0.6) is 11.5 Å². The third-order valence-corrected chi connectivity index (χ3v) is 10.6. The molecule has 0 radical (unpaired) electrons. The molecule has 0 amide bonds. The van der Waals surface area contributed by atoms with Gasteiger partial charge in [-0.05, 0) is 48.2 Å². The summed E-state index contributed by atoms with van der Waals surface area (Å²) < 4.78 is 37.0. The monoisotopic (exact) mass is 877 g/mol. The summed E-state index contributed by atoms with van der Waals surface area (Å²) in [5.41, 5.74) is 0.636. The Hall–Kier alpha value is -4.56. The van der Waals surface area contributed by atoms with Crippen LogP contribution in [0.2, 0.25) is 0 Å². The molecule has 0 spiro atoms. The molecule has 0 aliphatic rings. The first-order chi connectivity index (χ1) is 24.1. The van der Waals surface area contributed by atoms with Crippen LogP contribution < -0.4 is 25.0 Å². The maximum absolute atomic E-state index is 13.2. The van der Waals surface area contributed by atoms with Crippen LogP contribution in [0, 0.1) is 29.8 Å². The maximum Gasteiger partial charge on any atom is 3.00 e. The number of para-hydroxylation sites is 2. The average molecular weight is 877 g/mol. The minimum Gasteiger partial charge on any atom is -0.339 e. The minimum absolute atomic E-state index is 0. The van der Waals surface area contributed by atoms with Gasteiger partial charge in [0.2, 0.25) is 0 Å². The number of nitrogens with zero attached hydrogens (tertiary/aromatic N) is 1. The van der Waals surface area contributed by atoms with Gasteiger partial charge in [0.15, 0.2) is 0 Å². The van der Waals surface area contributed by atoms with Gasteiger partial charge in [0.1, 0.15) is 22.6 Å². The normalized spacial score (nSPS) is 10.1. The molecule has 0 aliphatic heterocycles. The number of halogens is 2. The van der Waals surface area contributed by atoms with Crippen LogP contribution in [-0.2, 0) is 20.1 Å². The molecule has 8 heteroatoms. The molecular weight excluding hydrogens is 843 g/mol. The second-order valence-corrected chi connectivity index (χ2v) is 14.3. The van der Waals surface area contributed by atoms with Crippen LogP contribution in [0.3, 0.4) is 0 Å². The van der Waals surface area contributed by atoms with Crippen LogP contribution >= 0.6 is 16.3 Å². The van der Waals surface area contributed by atoms with Crippen LogP contribution in [0.4, 0.5) is 8.78 Å². The number of rotatable bonds is 8. The Balaban J connectivity index is 0.000000169. The van der Waals surface area contributed by atoms with E-state index in [2.05, 4.69) is 114 Å². The summed E-state index contributed by atoms with van der Waals surface area (Å²) >= 11 is 0. The van der Waals surface area contributed by atoms with E-state index in [9.17, 15) is 8.78 Å². The summed E-state index contributed by atoms with van der Waals surface area (Å²) in [6.45, 7) is 1.94. The first-order valence-corrected chi connectivity index (χ1v) is 18.8. The largest absolute Gasteiger partial charge is 3.00 e. The summed E-state index contributed by atoms with van der Waals surface area (Å²) in [7, 11) is -2.23. The van der Waals surface area contributed by atoms with Gasteiger partial charge in [-0.25, -0.2) is 0 Å². The van der Waals surface area contributed by atoms with E-state index < -0.39 is 27.9 Å². The van der Waals surface area contributed by atoms with E-state index in [1.165, 1.54) is 15.9 Å². The van der Waals surface area contributed by atoms with Crippen molar-refractivity contribution >= 4 is 32.2 Å². The first-order valence-electron chi connectivity index (χ1n) is 15.5. The summed E-state index contributed by atoms with van der Waals surface area (Å²) in [5.74, 6) is 0.149. The van der Waals surface area contributed by atoms with Crippen molar-refractivity contribution in [1.29, 1.82) is 0 Å². The third kappa shape index (κ3) is 12.1. The molecule has 0 unspecified atom stereocenters. The molecule has 6 aromatic carbocycles. The zero-order valence-corrected chi connectivity index (χ0v) is 31.5. The van der Waals surface area contributed by atoms with Gasteiger partial charge in [0.05, 0.1) is 19.4 Å². The van der Waals surface area contributed by atoms with Gasteiger partial charge in [-0.3, -0.25) is 8.78 Å². The number of hydrogen-bond donors (Lipinski definition) is 0. The van der Waals surface area contributed by atoms with E-state index in [0.29, 0.717) is 5.69 Å². The van der Waals surface area contributed by atoms with Crippen molar-refractivity contribution < 1.29 is 37.9 Å². The van der Waals surface area contributed by atoms with Crippen molar-refractivity contribution in [2.45, 2.75) is 0 Å². The molecule has 250 valence electrons. The second-order valence-electron chi connectivity index (χ2n) is 10.4. The molecule has 0 fully saturated rings. The molecular formula is C42H34F2IrNO2P2+2. The number of pyridine rings is 1. The van der Waals surface area contributed by atoms with Crippen molar-refractivity contribution in [3.63, 3.8) is 0 Å². The van der Waals surface area contributed by atoms with Gasteiger partial charge in [-0.1, -0.05) is 78.4 Å². The summed E-state index contributed by atoms with van der Waals surface area (Å²) in [5, 5.41) is 4.31. The average Bonchev–Trinajstić information content (AvgIpc) is 3.15. The predicted octanol–water partition coefficient (Wildman–Crippen LogP) is 9.42. The molecule has 7 aromatic rings. The van der Waals surface area contributed by atoms with Crippen LogP contribution in [0.25, 0.3) is 11.3 Å². The molecule has 0 saturated carbocycles. The maximum atomic E-state index is 13.2. The SMILES string of the molecule is C[PH+](Oc1[c-]cccc1)Oc1[c-]cccc1.Fc1c[c-]c(-c2ccccn2)c(F)c1.[Ir+3].c1ccc([PH+](c2ccccc2)c2ccccc2)cc1. The van der Waals surface area contributed by atoms with E-state index in [0.717, 1.165) is 23.6 Å². The Morgan fingerprint density at radius 1 is 0.560 bits per heavy atom. The third-order valence-electron chi connectivity index (χ3n) is 6.83. The number of hydrogen-bond acceptors (Lipinski definition) is 3. The van der Waals surface area contributed by atoms with Gasteiger partial charge in [0, 0.05) is 17.8 Å². The molecule has 0 bridgehead atoms. The summed E-state index contributed by atoms with van der Waals surface area (Å²) in [4.78, 5) is 3.95. The molecule has 1 heterocycles. The number of benzene rings is 6. The van der Waals surface area contributed by atoms with E-state index in [1.807, 2.05) is 55.2 Å². The van der Waals surface area contributed by atoms with Crippen molar-refractivity contribution in [3.8, 4) is 22.8 Å². The Morgan fingerprint density at radius 3 is 1.42 bits per heavy atom. The fourth-order valence-electron chi connectivity index (χ4n) is 4.68. The Bertz CT molecular complexity index is 1810. The van der Waals surface area contributed by atoms with E-state index >= 15 is 0 Å². The topological polar surface area (TPSA) is 31.4 Å². The Kier molecular flexibility index (Phi) is 15.9. The van der Waals surface area contributed by atoms with E-state index in [4.69, 9.17) is 9.05 Å². The van der Waals surface area contributed by atoms with Crippen molar-refractivity contribution in [2.75, 3.05) is 6.66 Å². The minimum atomic E-state index is -1.36. The molecule has 0 saturated heterocycles. The van der Waals surface area contributed by atoms with Crippen molar-refractivity contribution in [1.82, 2.24) is 4.98 Å². The second kappa shape index (κ2) is 20.8. The Labute approximate surface area is 309 Å². The molecule has 0 aliphatic carbocycles. The number of aromatic nitrogens is 1. The molecule has 7 rings (SSSR count). The van der Waals surface area contributed by atoms with Crippen molar-refractivity contribution in [3.05, 3.63) is 206 Å². The predicted molar refractivity (Wildman–Crippen MR) is 201 cm³/mol. The fourth-order valence-corrected chi connectivity index (χ4v) is 8.17. The van der Waals surface area contributed by atoms with Gasteiger partial charge < -0.3 is 14.0 Å². The first kappa shape index (κ1) is 38.2. The van der Waals surface area contributed by atoms with Gasteiger partial charge in [-0.15, -0.1) is 36.4 Å². The quantitative estimate of drug-likeness (QED) is 0.113. The molecule has 1 aromatic heterocycles. The molecule has 3 nitrogen and oxygen atoms in total. The van der Waals surface area contributed by atoms with E-state index in [-0.39, 0.29) is 25.7 Å². The Morgan fingerprint density at radius 2 is 1.02 bits per heavy atom. The van der Waals surface area contributed by atoms with E-state index in [1.54, 1.807) is 24.4 Å². The van der Waals surface area contributed by atoms with Crippen LogP contribution in [0.15, 0.2) is 176 Å². The smallest absolute Gasteiger partial charge is 0.339 e. The summed E-state index contributed by atoms with van der Waals surface area (Å²) in [6.07, 6.45) is 1.55. The summed E-state index contributed by atoms with van der Waals surface area (Å²) in [6, 6.07) is 63.0. The molecule has 0 N–H and O–H groups in total. The molecule has 0 atom stereocenters. The zero-order chi connectivity index (χ0) is 34.1. The van der Waals surface area contributed by atoms with Gasteiger partial charge in [0.25, 0.3) is 0 Å². The van der Waals surface area contributed by atoms with Gasteiger partial charge in [-0.2, -0.15) is 36.4 Å². The standard InChI is InChI=1S/C18H15P.C13H11O2P.C11H6F2N.Ir/c1-4-10-16(11-5-1)19(17-12-6-2-7-13-17)18-14-8-3-9-15-18;1-16(14-12-8-4-2-5-9-12)15-13-10-6-3-7-11-13;12-8-4-5-9(10(13)7-8)11-3-1-2-6-14-11;/h1-15H;2-8,10H,1H3;1-4,6-7H;/q;-2;-1;+3/p+2. The van der Waals surface area contributed by atoms with Crippen LogP contribution in [0.1, 0.15) is 0 Å². The zero-order valence-electron chi connectivity index (χ0n) is 27.1. The van der Waals surface area contributed by atoms with Crippen LogP contribution in [-0.4, -0.2) is 11.6 Å². The molecule has 50 heavy (non-hydrogen) atoms. The fraction of sp³-hybridized carbons (Fsp3) is 0.0238.